The molecule has 1 N–H and O–H groups in total. The highest BCUT2D eigenvalue weighted by Gasteiger charge is 2.21. The van der Waals surface area contributed by atoms with Crippen molar-refractivity contribution in [3.63, 3.8) is 0 Å². The van der Waals surface area contributed by atoms with Gasteiger partial charge in [0.15, 0.2) is 0 Å². The Balaban J connectivity index is 2.65. The number of sulfonamides is 1. The topological polar surface area (TPSA) is 46.2 Å². The van der Waals surface area contributed by atoms with Crippen LogP contribution >= 0.6 is 11.6 Å². The Morgan fingerprint density at radius 2 is 1.74 bits per heavy atom. The van der Waals surface area contributed by atoms with E-state index < -0.39 is 10.0 Å². The molecule has 19 heavy (non-hydrogen) atoms. The van der Waals surface area contributed by atoms with E-state index in [9.17, 15) is 8.42 Å². The lowest BCUT2D eigenvalue weighted by molar-refractivity contribution is 0.479. The van der Waals surface area contributed by atoms with E-state index in [0.29, 0.717) is 5.88 Å². The van der Waals surface area contributed by atoms with E-state index in [1.165, 1.54) is 0 Å². The second-order valence-electron chi connectivity index (χ2n) is 5.13. The second-order valence-corrected chi connectivity index (χ2v) is 7.24. The summed E-state index contributed by atoms with van der Waals surface area (Å²) in [6.07, 6.45) is 0. The minimum absolute atomic E-state index is 0.0304. The van der Waals surface area contributed by atoms with Crippen LogP contribution in [0.3, 0.4) is 0 Å². The standard InChI is InChI=1S/C14H22ClNO2S/c1-11(9-15)13(3)16-19(17,18)10-12(2)14-7-5-4-6-8-14/h4-8,11-13,16H,9-10H2,1-3H3. The van der Waals surface area contributed by atoms with E-state index >= 15 is 0 Å². The van der Waals surface area contributed by atoms with Gasteiger partial charge < -0.3 is 0 Å². The van der Waals surface area contributed by atoms with Gasteiger partial charge >= 0.3 is 0 Å². The maximum absolute atomic E-state index is 12.1. The normalized spacial score (nSPS) is 16.8. The first-order valence-corrected chi connectivity index (χ1v) is 8.65. The molecule has 0 aliphatic carbocycles. The van der Waals surface area contributed by atoms with Crippen molar-refractivity contribution in [1.29, 1.82) is 0 Å². The zero-order valence-corrected chi connectivity index (χ0v) is 13.2. The van der Waals surface area contributed by atoms with Crippen molar-refractivity contribution >= 4 is 21.6 Å². The Morgan fingerprint density at radius 1 is 1.16 bits per heavy atom. The largest absolute Gasteiger partial charge is 0.212 e. The summed E-state index contributed by atoms with van der Waals surface area (Å²) in [6.45, 7) is 5.70. The molecule has 0 saturated heterocycles. The highest BCUT2D eigenvalue weighted by molar-refractivity contribution is 7.89. The predicted octanol–water partition coefficient (Wildman–Crippen LogP) is 2.97. The molecule has 0 bridgehead atoms. The van der Waals surface area contributed by atoms with E-state index in [1.54, 1.807) is 0 Å². The highest BCUT2D eigenvalue weighted by Crippen LogP contribution is 2.17. The zero-order valence-electron chi connectivity index (χ0n) is 11.6. The van der Waals surface area contributed by atoms with Gasteiger partial charge in [0, 0.05) is 11.9 Å². The van der Waals surface area contributed by atoms with Crippen LogP contribution in [0.4, 0.5) is 0 Å². The van der Waals surface area contributed by atoms with Gasteiger partial charge in [0.2, 0.25) is 10.0 Å². The SMILES string of the molecule is CC(CS(=O)(=O)NC(C)C(C)CCl)c1ccccc1. The van der Waals surface area contributed by atoms with Gasteiger partial charge in [-0.2, -0.15) is 0 Å². The minimum Gasteiger partial charge on any atom is -0.212 e. The molecule has 0 aromatic heterocycles. The Kier molecular flexibility index (Phi) is 6.30. The summed E-state index contributed by atoms with van der Waals surface area (Å²) in [4.78, 5) is 0. The summed E-state index contributed by atoms with van der Waals surface area (Å²) in [7, 11) is -3.29. The Morgan fingerprint density at radius 3 is 2.26 bits per heavy atom. The Bertz CT molecular complexity index is 475. The van der Waals surface area contributed by atoms with Crippen LogP contribution in [0.5, 0.6) is 0 Å². The molecule has 0 heterocycles. The van der Waals surface area contributed by atoms with Crippen LogP contribution in [-0.2, 0) is 10.0 Å². The summed E-state index contributed by atoms with van der Waals surface area (Å²) in [5, 5.41) is 0. The van der Waals surface area contributed by atoms with E-state index in [-0.39, 0.29) is 23.6 Å². The summed E-state index contributed by atoms with van der Waals surface area (Å²) in [5.74, 6) is 0.620. The lowest BCUT2D eigenvalue weighted by atomic mass is 10.0. The fourth-order valence-corrected chi connectivity index (χ4v) is 3.80. The average Bonchev–Trinajstić information content (AvgIpc) is 2.37. The molecule has 0 radical (unpaired) electrons. The zero-order chi connectivity index (χ0) is 14.5. The van der Waals surface area contributed by atoms with Crippen LogP contribution in [0.1, 0.15) is 32.3 Å². The van der Waals surface area contributed by atoms with Crippen molar-refractivity contribution in [3.8, 4) is 0 Å². The summed E-state index contributed by atoms with van der Waals surface area (Å²) in [5.41, 5.74) is 1.03. The molecule has 3 nitrogen and oxygen atoms in total. The molecule has 0 fully saturated rings. The molecular formula is C14H22ClNO2S. The number of nitrogens with one attached hydrogen (secondary N) is 1. The fourth-order valence-electron chi connectivity index (χ4n) is 1.79. The first kappa shape index (κ1) is 16.5. The highest BCUT2D eigenvalue weighted by atomic mass is 35.5. The number of halogens is 1. The van der Waals surface area contributed by atoms with E-state index in [0.717, 1.165) is 5.56 Å². The molecule has 1 rings (SSSR count). The molecule has 0 saturated carbocycles. The van der Waals surface area contributed by atoms with Gasteiger partial charge in [-0.05, 0) is 24.3 Å². The third-order valence-electron chi connectivity index (χ3n) is 3.30. The molecule has 108 valence electrons. The van der Waals surface area contributed by atoms with Gasteiger partial charge in [0.1, 0.15) is 0 Å². The van der Waals surface area contributed by atoms with Gasteiger partial charge in [-0.1, -0.05) is 44.2 Å². The minimum atomic E-state index is -3.29. The van der Waals surface area contributed by atoms with Crippen LogP contribution in [-0.4, -0.2) is 26.1 Å². The number of hydrogen-bond acceptors (Lipinski definition) is 2. The maximum Gasteiger partial charge on any atom is 0.212 e. The number of alkyl halides is 1. The number of benzene rings is 1. The molecule has 1 aromatic carbocycles. The lowest BCUT2D eigenvalue weighted by Crippen LogP contribution is -2.39. The quantitative estimate of drug-likeness (QED) is 0.787. The molecule has 3 atom stereocenters. The third kappa shape index (κ3) is 5.51. The van der Waals surface area contributed by atoms with E-state index in [4.69, 9.17) is 11.6 Å². The lowest BCUT2D eigenvalue weighted by Gasteiger charge is -2.20. The number of hydrogen-bond donors (Lipinski definition) is 1. The second kappa shape index (κ2) is 7.27. The molecule has 1 aromatic rings. The van der Waals surface area contributed by atoms with Crippen molar-refractivity contribution in [2.24, 2.45) is 5.92 Å². The van der Waals surface area contributed by atoms with Crippen molar-refractivity contribution in [2.75, 3.05) is 11.6 Å². The average molecular weight is 304 g/mol. The Labute approximate surface area is 121 Å². The third-order valence-corrected chi connectivity index (χ3v) is 5.46. The molecule has 0 spiro atoms. The maximum atomic E-state index is 12.1. The molecule has 5 heteroatoms. The smallest absolute Gasteiger partial charge is 0.212 e. The molecule has 3 unspecified atom stereocenters. The van der Waals surface area contributed by atoms with Crippen LogP contribution in [0, 0.1) is 5.92 Å². The summed E-state index contributed by atoms with van der Waals surface area (Å²) >= 11 is 5.74. The van der Waals surface area contributed by atoms with Crippen LogP contribution in [0.25, 0.3) is 0 Å². The molecular weight excluding hydrogens is 282 g/mol. The predicted molar refractivity (Wildman–Crippen MR) is 81.1 cm³/mol. The van der Waals surface area contributed by atoms with Crippen molar-refractivity contribution < 1.29 is 8.42 Å². The van der Waals surface area contributed by atoms with Gasteiger partial charge in [-0.15, -0.1) is 11.6 Å². The fraction of sp³-hybridized carbons (Fsp3) is 0.571. The van der Waals surface area contributed by atoms with Gasteiger partial charge in [0.05, 0.1) is 5.75 Å². The first-order valence-electron chi connectivity index (χ1n) is 6.46. The Hall–Kier alpha value is -0.580. The van der Waals surface area contributed by atoms with Crippen molar-refractivity contribution in [2.45, 2.75) is 32.7 Å². The number of rotatable bonds is 7. The van der Waals surface area contributed by atoms with Gasteiger partial charge in [0.25, 0.3) is 0 Å². The van der Waals surface area contributed by atoms with Gasteiger partial charge in [-0.25, -0.2) is 13.1 Å². The molecule has 0 aliphatic heterocycles. The van der Waals surface area contributed by atoms with E-state index in [1.807, 2.05) is 51.1 Å². The van der Waals surface area contributed by atoms with Crippen molar-refractivity contribution in [3.05, 3.63) is 35.9 Å². The molecule has 0 amide bonds. The van der Waals surface area contributed by atoms with Crippen LogP contribution in [0.15, 0.2) is 30.3 Å². The van der Waals surface area contributed by atoms with Crippen LogP contribution < -0.4 is 4.72 Å². The molecule has 0 aliphatic rings. The monoisotopic (exact) mass is 303 g/mol. The van der Waals surface area contributed by atoms with Crippen LogP contribution in [0.2, 0.25) is 0 Å². The summed E-state index contributed by atoms with van der Waals surface area (Å²) < 4.78 is 26.9. The van der Waals surface area contributed by atoms with Gasteiger partial charge in [-0.3, -0.25) is 0 Å². The summed E-state index contributed by atoms with van der Waals surface area (Å²) in [6, 6.07) is 9.52. The first-order chi connectivity index (χ1) is 8.85. The van der Waals surface area contributed by atoms with Crippen molar-refractivity contribution in [1.82, 2.24) is 4.72 Å². The van der Waals surface area contributed by atoms with E-state index in [2.05, 4.69) is 4.72 Å².